The van der Waals surface area contributed by atoms with Crippen LogP contribution in [0.25, 0.3) is 0 Å². The van der Waals surface area contributed by atoms with Gasteiger partial charge in [-0.25, -0.2) is 17.2 Å². The molecule has 10 heteroatoms. The van der Waals surface area contributed by atoms with Gasteiger partial charge in [0.05, 0.1) is 19.8 Å². The number of piperazine rings is 1. The average Bonchev–Trinajstić information content (AvgIpc) is 2.64. The summed E-state index contributed by atoms with van der Waals surface area (Å²) in [5.41, 5.74) is 0. The molecular formula is C16H21F2N3O4S. The zero-order chi connectivity index (χ0) is 18.7. The molecule has 1 aromatic carbocycles. The highest BCUT2D eigenvalue weighted by atomic mass is 32.2. The monoisotopic (exact) mass is 389 g/mol. The van der Waals surface area contributed by atoms with Crippen LogP contribution in [0.15, 0.2) is 23.1 Å². The molecule has 2 fully saturated rings. The van der Waals surface area contributed by atoms with Crippen molar-refractivity contribution in [1.29, 1.82) is 0 Å². The first-order chi connectivity index (χ1) is 12.4. The van der Waals surface area contributed by atoms with Gasteiger partial charge in [-0.15, -0.1) is 0 Å². The highest BCUT2D eigenvalue weighted by Crippen LogP contribution is 2.21. The van der Waals surface area contributed by atoms with Crippen LogP contribution in [0.2, 0.25) is 0 Å². The van der Waals surface area contributed by atoms with E-state index >= 15 is 0 Å². The summed E-state index contributed by atoms with van der Waals surface area (Å²) < 4.78 is 58.6. The molecule has 7 nitrogen and oxygen atoms in total. The quantitative estimate of drug-likeness (QED) is 0.732. The number of nitrogens with zero attached hydrogens (tertiary/aromatic N) is 3. The Labute approximate surface area is 151 Å². The Bertz CT molecular complexity index is 761. The molecule has 1 aromatic rings. The zero-order valence-electron chi connectivity index (χ0n) is 14.2. The summed E-state index contributed by atoms with van der Waals surface area (Å²) in [6.07, 6.45) is 0. The van der Waals surface area contributed by atoms with Gasteiger partial charge in [-0.3, -0.25) is 9.69 Å². The first kappa shape index (κ1) is 19.2. The Kier molecular flexibility index (Phi) is 5.86. The van der Waals surface area contributed by atoms with Crippen LogP contribution in [-0.4, -0.2) is 87.5 Å². The van der Waals surface area contributed by atoms with Crippen LogP contribution in [0, 0.1) is 11.6 Å². The number of carbonyl (C=O) groups excluding carboxylic acids is 1. The van der Waals surface area contributed by atoms with Crippen molar-refractivity contribution in [2.45, 2.75) is 4.90 Å². The van der Waals surface area contributed by atoms with Crippen molar-refractivity contribution < 1.29 is 26.7 Å². The topological polar surface area (TPSA) is 70.2 Å². The van der Waals surface area contributed by atoms with E-state index in [1.165, 1.54) is 0 Å². The van der Waals surface area contributed by atoms with Crippen LogP contribution < -0.4 is 0 Å². The van der Waals surface area contributed by atoms with Crippen molar-refractivity contribution in [3.05, 3.63) is 29.8 Å². The lowest BCUT2D eigenvalue weighted by molar-refractivity contribution is -0.134. The van der Waals surface area contributed by atoms with E-state index < -0.39 is 26.6 Å². The van der Waals surface area contributed by atoms with E-state index in [0.717, 1.165) is 16.4 Å². The number of carbonyl (C=O) groups is 1. The third-order valence-electron chi connectivity index (χ3n) is 4.56. The predicted molar refractivity (Wildman–Crippen MR) is 89.0 cm³/mol. The van der Waals surface area contributed by atoms with Gasteiger partial charge in [0.1, 0.15) is 16.5 Å². The fraction of sp³-hybridized carbons (Fsp3) is 0.562. The summed E-state index contributed by atoms with van der Waals surface area (Å²) in [6.45, 7) is 3.39. The summed E-state index contributed by atoms with van der Waals surface area (Å²) in [5.74, 6) is -1.87. The molecule has 26 heavy (non-hydrogen) atoms. The van der Waals surface area contributed by atoms with Crippen molar-refractivity contribution in [1.82, 2.24) is 14.1 Å². The van der Waals surface area contributed by atoms with E-state index in [2.05, 4.69) is 0 Å². The highest BCUT2D eigenvalue weighted by Gasteiger charge is 2.32. The lowest BCUT2D eigenvalue weighted by Gasteiger charge is -2.35. The van der Waals surface area contributed by atoms with Gasteiger partial charge >= 0.3 is 0 Å². The molecular weight excluding hydrogens is 368 g/mol. The summed E-state index contributed by atoms with van der Waals surface area (Å²) >= 11 is 0. The fourth-order valence-electron chi connectivity index (χ4n) is 3.04. The number of benzene rings is 1. The molecule has 0 N–H and O–H groups in total. The number of hydrogen-bond acceptors (Lipinski definition) is 5. The minimum absolute atomic E-state index is 0.0487. The van der Waals surface area contributed by atoms with Crippen molar-refractivity contribution >= 4 is 15.9 Å². The van der Waals surface area contributed by atoms with E-state index in [1.807, 2.05) is 4.90 Å². The Morgan fingerprint density at radius 1 is 1.04 bits per heavy atom. The number of sulfonamides is 1. The van der Waals surface area contributed by atoms with Crippen LogP contribution in [0.4, 0.5) is 8.78 Å². The third kappa shape index (κ3) is 4.20. The second-order valence-corrected chi connectivity index (χ2v) is 8.15. The SMILES string of the molecule is O=C(CN1CCOCC1)N1CCN(S(=O)(=O)c2cc(F)ccc2F)CC1. The minimum Gasteiger partial charge on any atom is -0.379 e. The summed E-state index contributed by atoms with van der Waals surface area (Å²) in [7, 11) is -4.14. The van der Waals surface area contributed by atoms with Gasteiger partial charge in [-0.1, -0.05) is 0 Å². The third-order valence-corrected chi connectivity index (χ3v) is 6.48. The molecule has 0 atom stereocenters. The molecule has 1 amide bonds. The van der Waals surface area contributed by atoms with E-state index in [-0.39, 0.29) is 38.6 Å². The number of morpholine rings is 1. The smallest absolute Gasteiger partial charge is 0.246 e. The predicted octanol–water partition coefficient (Wildman–Crippen LogP) is 0.130. The molecule has 2 aliphatic heterocycles. The normalized spacial score (nSPS) is 20.3. The maximum absolute atomic E-state index is 13.8. The Balaban J connectivity index is 1.60. The second kappa shape index (κ2) is 7.95. The van der Waals surface area contributed by atoms with Crippen LogP contribution >= 0.6 is 0 Å². The molecule has 0 aromatic heterocycles. The molecule has 0 radical (unpaired) electrons. The second-order valence-electron chi connectivity index (χ2n) is 6.25. The lowest BCUT2D eigenvalue weighted by atomic mass is 10.3. The van der Waals surface area contributed by atoms with Crippen LogP contribution in [0.1, 0.15) is 0 Å². The highest BCUT2D eigenvalue weighted by molar-refractivity contribution is 7.89. The standard InChI is InChI=1S/C16H21F2N3O4S/c17-13-1-2-14(18)15(11-13)26(23,24)21-5-3-20(4-6-21)16(22)12-19-7-9-25-10-8-19/h1-2,11H,3-10,12H2. The summed E-state index contributed by atoms with van der Waals surface area (Å²) in [4.78, 5) is 15.3. The fourth-order valence-corrected chi connectivity index (χ4v) is 4.54. The molecule has 2 saturated heterocycles. The molecule has 2 aliphatic rings. The first-order valence-corrected chi connectivity index (χ1v) is 9.85. The van der Waals surface area contributed by atoms with Gasteiger partial charge < -0.3 is 9.64 Å². The van der Waals surface area contributed by atoms with E-state index in [0.29, 0.717) is 32.4 Å². The van der Waals surface area contributed by atoms with Gasteiger partial charge in [0.25, 0.3) is 0 Å². The molecule has 0 bridgehead atoms. The van der Waals surface area contributed by atoms with Crippen molar-refractivity contribution in [2.75, 3.05) is 59.0 Å². The molecule has 2 heterocycles. The van der Waals surface area contributed by atoms with E-state index in [4.69, 9.17) is 4.74 Å². The van der Waals surface area contributed by atoms with Gasteiger partial charge in [0, 0.05) is 39.3 Å². The molecule has 0 unspecified atom stereocenters. The first-order valence-electron chi connectivity index (χ1n) is 8.41. The molecule has 0 spiro atoms. The van der Waals surface area contributed by atoms with Crippen LogP contribution in [0.5, 0.6) is 0 Å². The van der Waals surface area contributed by atoms with E-state index in [1.54, 1.807) is 4.90 Å². The summed E-state index contributed by atoms with van der Waals surface area (Å²) in [6, 6.07) is 2.35. The minimum atomic E-state index is -4.14. The van der Waals surface area contributed by atoms with Gasteiger partial charge in [-0.2, -0.15) is 4.31 Å². The van der Waals surface area contributed by atoms with Gasteiger partial charge in [-0.05, 0) is 18.2 Å². The van der Waals surface area contributed by atoms with Crippen molar-refractivity contribution in [3.8, 4) is 0 Å². The molecule has 144 valence electrons. The number of hydrogen-bond donors (Lipinski definition) is 0. The van der Waals surface area contributed by atoms with Crippen LogP contribution in [0.3, 0.4) is 0 Å². The lowest BCUT2D eigenvalue weighted by Crippen LogP contribution is -2.53. The zero-order valence-corrected chi connectivity index (χ0v) is 15.1. The maximum Gasteiger partial charge on any atom is 0.246 e. The summed E-state index contributed by atoms with van der Waals surface area (Å²) in [5, 5.41) is 0. The number of ether oxygens (including phenoxy) is 1. The van der Waals surface area contributed by atoms with Gasteiger partial charge in [0.15, 0.2) is 0 Å². The van der Waals surface area contributed by atoms with Crippen molar-refractivity contribution in [3.63, 3.8) is 0 Å². The Morgan fingerprint density at radius 2 is 1.69 bits per heavy atom. The number of halogens is 2. The van der Waals surface area contributed by atoms with Crippen molar-refractivity contribution in [2.24, 2.45) is 0 Å². The maximum atomic E-state index is 13.8. The van der Waals surface area contributed by atoms with Crippen LogP contribution in [-0.2, 0) is 19.6 Å². The number of amides is 1. The molecule has 0 aliphatic carbocycles. The largest absolute Gasteiger partial charge is 0.379 e. The molecule has 0 saturated carbocycles. The van der Waals surface area contributed by atoms with E-state index in [9.17, 15) is 22.0 Å². The number of rotatable bonds is 4. The van der Waals surface area contributed by atoms with Gasteiger partial charge in [0.2, 0.25) is 15.9 Å². The Morgan fingerprint density at radius 3 is 2.35 bits per heavy atom. The Hall–Kier alpha value is -1.62. The molecule has 3 rings (SSSR count). The average molecular weight is 389 g/mol.